The van der Waals surface area contributed by atoms with Crippen molar-refractivity contribution in [3.63, 3.8) is 0 Å². The van der Waals surface area contributed by atoms with Crippen LogP contribution in [-0.2, 0) is 6.54 Å². The molecule has 0 aliphatic carbocycles. The number of aliphatic hydroxyl groups is 1. The van der Waals surface area contributed by atoms with E-state index in [9.17, 15) is 5.11 Å². The maximum Gasteiger partial charge on any atom is 0.0699 e. The second-order valence-corrected chi connectivity index (χ2v) is 5.72. The normalized spacial score (nSPS) is 11.3. The summed E-state index contributed by atoms with van der Waals surface area (Å²) >= 11 is 0. The van der Waals surface area contributed by atoms with Gasteiger partial charge < -0.3 is 5.11 Å². The van der Waals surface area contributed by atoms with Crippen LogP contribution in [0.2, 0.25) is 0 Å². The molecule has 0 fully saturated rings. The fourth-order valence-electron chi connectivity index (χ4n) is 2.54. The highest BCUT2D eigenvalue weighted by Gasteiger charge is 2.15. The number of benzene rings is 1. The number of hydrogen-bond acceptors (Lipinski definition) is 3. The Morgan fingerprint density at radius 1 is 1.32 bits per heavy atom. The second-order valence-electron chi connectivity index (χ2n) is 5.72. The van der Waals surface area contributed by atoms with Crippen LogP contribution in [0, 0.1) is 0 Å². The third-order valence-corrected chi connectivity index (χ3v) is 3.59. The van der Waals surface area contributed by atoms with Gasteiger partial charge in [-0.2, -0.15) is 5.10 Å². The van der Waals surface area contributed by atoms with Crippen molar-refractivity contribution in [1.82, 2.24) is 14.7 Å². The van der Waals surface area contributed by atoms with Crippen LogP contribution in [0.5, 0.6) is 0 Å². The molecule has 0 aliphatic heterocycles. The largest absolute Gasteiger partial charge is 0.395 e. The zero-order chi connectivity index (χ0) is 15.9. The molecule has 0 aliphatic rings. The van der Waals surface area contributed by atoms with E-state index in [1.54, 1.807) is 0 Å². The maximum absolute atomic E-state index is 9.21. The Morgan fingerprint density at radius 3 is 2.64 bits per heavy atom. The molecule has 1 heterocycles. The van der Waals surface area contributed by atoms with Crippen LogP contribution in [0.1, 0.15) is 31.0 Å². The highest BCUT2D eigenvalue weighted by atomic mass is 16.3. The molecule has 0 atom stereocenters. The van der Waals surface area contributed by atoms with E-state index in [-0.39, 0.29) is 6.61 Å². The molecule has 0 amide bonds. The van der Waals surface area contributed by atoms with Gasteiger partial charge in [-0.25, -0.2) is 4.68 Å². The summed E-state index contributed by atoms with van der Waals surface area (Å²) < 4.78 is 1.94. The summed E-state index contributed by atoms with van der Waals surface area (Å²) in [5.74, 6) is 0.361. The lowest BCUT2D eigenvalue weighted by Crippen LogP contribution is -2.26. The quantitative estimate of drug-likeness (QED) is 0.762. The number of nitrogens with zero attached hydrogens (tertiary/aromatic N) is 3. The molecule has 0 unspecified atom stereocenters. The van der Waals surface area contributed by atoms with Gasteiger partial charge in [-0.15, -0.1) is 6.58 Å². The van der Waals surface area contributed by atoms with Gasteiger partial charge >= 0.3 is 0 Å². The van der Waals surface area contributed by atoms with Gasteiger partial charge in [-0.05, 0) is 18.1 Å². The molecule has 1 aromatic heterocycles. The van der Waals surface area contributed by atoms with Crippen molar-refractivity contribution in [3.05, 3.63) is 60.4 Å². The maximum atomic E-state index is 9.21. The summed E-state index contributed by atoms with van der Waals surface area (Å²) in [4.78, 5) is 2.17. The number of rotatable bonds is 8. The van der Waals surface area contributed by atoms with Crippen LogP contribution < -0.4 is 0 Å². The van der Waals surface area contributed by atoms with Gasteiger partial charge in [-0.1, -0.05) is 38.1 Å². The zero-order valence-electron chi connectivity index (χ0n) is 13.4. The SMILES string of the molecule is C=CCN(CCO)Cc1cn(-c2ccccc2)nc1C(C)C. The number of aromatic nitrogens is 2. The summed E-state index contributed by atoms with van der Waals surface area (Å²) in [5.41, 5.74) is 3.37. The summed E-state index contributed by atoms with van der Waals surface area (Å²) in [5, 5.41) is 14.0. The molecule has 1 N–H and O–H groups in total. The number of hydrogen-bond donors (Lipinski definition) is 1. The minimum Gasteiger partial charge on any atom is -0.395 e. The van der Waals surface area contributed by atoms with Gasteiger partial charge in [0.15, 0.2) is 0 Å². The summed E-state index contributed by atoms with van der Waals surface area (Å²) in [6.07, 6.45) is 3.96. The lowest BCUT2D eigenvalue weighted by molar-refractivity contribution is 0.203. The van der Waals surface area contributed by atoms with Crippen molar-refractivity contribution in [2.45, 2.75) is 26.3 Å². The molecule has 22 heavy (non-hydrogen) atoms. The van der Waals surface area contributed by atoms with E-state index in [1.807, 2.05) is 29.0 Å². The van der Waals surface area contributed by atoms with Gasteiger partial charge in [0.2, 0.25) is 0 Å². The van der Waals surface area contributed by atoms with Crippen LogP contribution in [0.15, 0.2) is 49.2 Å². The average Bonchev–Trinajstić information content (AvgIpc) is 2.93. The molecule has 4 heteroatoms. The molecule has 2 rings (SSSR count). The van der Waals surface area contributed by atoms with Gasteiger partial charge in [0.05, 0.1) is 18.0 Å². The van der Waals surface area contributed by atoms with Crippen molar-refractivity contribution in [2.75, 3.05) is 19.7 Å². The Bertz CT molecular complexity index is 590. The first kappa shape index (κ1) is 16.5. The lowest BCUT2D eigenvalue weighted by Gasteiger charge is -2.19. The van der Waals surface area contributed by atoms with Crippen molar-refractivity contribution >= 4 is 0 Å². The van der Waals surface area contributed by atoms with Crippen molar-refractivity contribution in [2.24, 2.45) is 0 Å². The van der Waals surface area contributed by atoms with Crippen LogP contribution in [0.3, 0.4) is 0 Å². The van der Waals surface area contributed by atoms with Crippen molar-refractivity contribution in [3.8, 4) is 5.69 Å². The molecule has 4 nitrogen and oxygen atoms in total. The molecule has 2 aromatic rings. The smallest absolute Gasteiger partial charge is 0.0699 e. The third-order valence-electron chi connectivity index (χ3n) is 3.59. The first-order valence-electron chi connectivity index (χ1n) is 7.73. The number of para-hydroxylation sites is 1. The standard InChI is InChI=1S/C18H25N3O/c1-4-10-20(11-12-22)13-16-14-21(19-18(16)15(2)3)17-8-6-5-7-9-17/h4-9,14-15,22H,1,10-13H2,2-3H3. The van der Waals surface area contributed by atoms with Crippen LogP contribution in [-0.4, -0.2) is 39.5 Å². The fourth-order valence-corrected chi connectivity index (χ4v) is 2.54. The van der Waals surface area contributed by atoms with E-state index in [2.05, 4.69) is 43.7 Å². The van der Waals surface area contributed by atoms with Gasteiger partial charge in [-0.3, -0.25) is 4.90 Å². The van der Waals surface area contributed by atoms with E-state index in [1.165, 1.54) is 5.56 Å². The predicted molar refractivity (Wildman–Crippen MR) is 90.2 cm³/mol. The Balaban J connectivity index is 2.29. The summed E-state index contributed by atoms with van der Waals surface area (Å²) in [6.45, 7) is 10.4. The van der Waals surface area contributed by atoms with Crippen LogP contribution in [0.25, 0.3) is 5.69 Å². The Morgan fingerprint density at radius 2 is 2.05 bits per heavy atom. The first-order valence-corrected chi connectivity index (χ1v) is 7.73. The molecule has 0 bridgehead atoms. The summed E-state index contributed by atoms with van der Waals surface area (Å²) in [7, 11) is 0. The molecular weight excluding hydrogens is 274 g/mol. The van der Waals surface area contributed by atoms with Crippen LogP contribution in [0.4, 0.5) is 0 Å². The predicted octanol–water partition coefficient (Wildman–Crippen LogP) is 2.98. The van der Waals surface area contributed by atoms with Crippen molar-refractivity contribution < 1.29 is 5.11 Å². The van der Waals surface area contributed by atoms with Gasteiger partial charge in [0.25, 0.3) is 0 Å². The third kappa shape index (κ3) is 4.06. The lowest BCUT2D eigenvalue weighted by atomic mass is 10.1. The van der Waals surface area contributed by atoms with E-state index in [0.717, 1.165) is 24.5 Å². The topological polar surface area (TPSA) is 41.3 Å². The van der Waals surface area contributed by atoms with E-state index in [4.69, 9.17) is 5.10 Å². The highest BCUT2D eigenvalue weighted by molar-refractivity contribution is 5.33. The Hall–Kier alpha value is -1.91. The molecule has 0 saturated carbocycles. The van der Waals surface area contributed by atoms with Crippen molar-refractivity contribution in [1.29, 1.82) is 0 Å². The summed E-state index contributed by atoms with van der Waals surface area (Å²) in [6, 6.07) is 10.1. The molecule has 0 saturated heterocycles. The highest BCUT2D eigenvalue weighted by Crippen LogP contribution is 2.21. The molecule has 0 spiro atoms. The number of aliphatic hydroxyl groups excluding tert-OH is 1. The Kier molecular flexibility index (Phi) is 5.92. The molecular formula is C18H25N3O. The molecule has 1 aromatic carbocycles. The van der Waals surface area contributed by atoms with Crippen LogP contribution >= 0.6 is 0 Å². The minimum absolute atomic E-state index is 0.150. The monoisotopic (exact) mass is 299 g/mol. The average molecular weight is 299 g/mol. The molecule has 118 valence electrons. The van der Waals surface area contributed by atoms with Gasteiger partial charge in [0.1, 0.15) is 0 Å². The minimum atomic E-state index is 0.150. The van der Waals surface area contributed by atoms with E-state index in [0.29, 0.717) is 12.5 Å². The Labute approximate surface area is 132 Å². The van der Waals surface area contributed by atoms with E-state index >= 15 is 0 Å². The zero-order valence-corrected chi connectivity index (χ0v) is 13.4. The first-order chi connectivity index (χ1) is 10.7. The second kappa shape index (κ2) is 7.92. The fraction of sp³-hybridized carbons (Fsp3) is 0.389. The van der Waals surface area contributed by atoms with E-state index < -0.39 is 0 Å². The molecule has 0 radical (unpaired) electrons. The van der Waals surface area contributed by atoms with Gasteiger partial charge in [0, 0.05) is 31.4 Å².